The lowest BCUT2D eigenvalue weighted by molar-refractivity contribution is -0.132. The number of hydrogen-bond donors (Lipinski definition) is 0. The number of thiazole rings is 1. The standard InChI is InChI=1S/C34H38N8O3S/c43-31(12-18-39-25-36-37-26-39)41-15-5-4-14-40(32(44)23-29-24-46-34(38-29)27-8-2-1-3-9-27)16-7-17-42-19-13-35-33(42)28-10-6-11-30(22-28)45-21-20-41/h1-3,6,8-11,13,19,22,24-26H,4-5,7,12,14-18,20-21,23H2. The first kappa shape index (κ1) is 31.2. The van der Waals surface area contributed by atoms with E-state index in [9.17, 15) is 9.59 Å². The molecule has 11 nitrogen and oxygen atoms in total. The predicted molar refractivity (Wildman–Crippen MR) is 176 cm³/mol. The Hall–Kier alpha value is -4.84. The number of carbonyl (C=O) groups excluding carboxylic acids is 2. The molecule has 0 radical (unpaired) electrons. The van der Waals surface area contributed by atoms with E-state index in [-0.39, 0.29) is 18.2 Å². The molecule has 6 rings (SSSR count). The number of fused-ring (bicyclic) bond motifs is 4. The summed E-state index contributed by atoms with van der Waals surface area (Å²) in [5.74, 6) is 1.71. The third kappa shape index (κ3) is 8.25. The van der Waals surface area contributed by atoms with Gasteiger partial charge >= 0.3 is 0 Å². The van der Waals surface area contributed by atoms with Crippen LogP contribution >= 0.6 is 11.3 Å². The van der Waals surface area contributed by atoms with Crippen molar-refractivity contribution in [3.63, 3.8) is 0 Å². The molecule has 46 heavy (non-hydrogen) atoms. The van der Waals surface area contributed by atoms with E-state index in [1.807, 2.05) is 76.0 Å². The van der Waals surface area contributed by atoms with E-state index in [0.717, 1.165) is 59.2 Å². The normalized spacial score (nSPS) is 14.7. The molecule has 5 aromatic rings. The molecule has 0 fully saturated rings. The van der Waals surface area contributed by atoms with Gasteiger partial charge in [0.15, 0.2) is 0 Å². The fourth-order valence-corrected chi connectivity index (χ4v) is 6.42. The first-order valence-electron chi connectivity index (χ1n) is 15.7. The van der Waals surface area contributed by atoms with Crippen molar-refractivity contribution in [2.75, 3.05) is 32.8 Å². The summed E-state index contributed by atoms with van der Waals surface area (Å²) in [6, 6.07) is 17.9. The Balaban J connectivity index is 1.16. The molecule has 238 valence electrons. The molecule has 2 aromatic carbocycles. The highest BCUT2D eigenvalue weighted by Crippen LogP contribution is 2.25. The van der Waals surface area contributed by atoms with Crippen molar-refractivity contribution in [1.82, 2.24) is 39.1 Å². The van der Waals surface area contributed by atoms with Crippen LogP contribution in [0.3, 0.4) is 0 Å². The minimum Gasteiger partial charge on any atom is -0.492 e. The number of nitrogens with zero attached hydrogens (tertiary/aromatic N) is 8. The zero-order chi connectivity index (χ0) is 31.6. The van der Waals surface area contributed by atoms with Crippen LogP contribution < -0.4 is 4.74 Å². The smallest absolute Gasteiger partial charge is 0.228 e. The summed E-state index contributed by atoms with van der Waals surface area (Å²) in [6.07, 6.45) is 9.97. The maximum absolute atomic E-state index is 13.7. The van der Waals surface area contributed by atoms with Gasteiger partial charge in [-0.05, 0) is 31.4 Å². The highest BCUT2D eigenvalue weighted by Gasteiger charge is 2.19. The van der Waals surface area contributed by atoms with Crippen molar-refractivity contribution >= 4 is 23.2 Å². The average molecular weight is 639 g/mol. The zero-order valence-electron chi connectivity index (χ0n) is 25.8. The number of carbonyl (C=O) groups is 2. The van der Waals surface area contributed by atoms with Gasteiger partial charge in [0.2, 0.25) is 11.8 Å². The highest BCUT2D eigenvalue weighted by atomic mass is 32.1. The molecule has 0 saturated heterocycles. The Bertz CT molecular complexity index is 1700. The number of aryl methyl sites for hydroxylation is 2. The zero-order valence-corrected chi connectivity index (χ0v) is 26.6. The van der Waals surface area contributed by atoms with E-state index in [1.54, 1.807) is 34.8 Å². The third-order valence-corrected chi connectivity index (χ3v) is 8.97. The van der Waals surface area contributed by atoms with Crippen LogP contribution in [0, 0.1) is 0 Å². The molecule has 12 heteroatoms. The van der Waals surface area contributed by atoms with Crippen molar-refractivity contribution < 1.29 is 14.3 Å². The van der Waals surface area contributed by atoms with Gasteiger partial charge in [-0.15, -0.1) is 21.5 Å². The van der Waals surface area contributed by atoms with Crippen molar-refractivity contribution in [2.45, 2.75) is 45.2 Å². The molecule has 0 atom stereocenters. The molecular weight excluding hydrogens is 600 g/mol. The van der Waals surface area contributed by atoms with Crippen molar-refractivity contribution in [3.8, 4) is 27.7 Å². The lowest BCUT2D eigenvalue weighted by atomic mass is 10.2. The Morgan fingerprint density at radius 1 is 0.826 bits per heavy atom. The number of ether oxygens (including phenoxy) is 1. The lowest BCUT2D eigenvalue weighted by Crippen LogP contribution is -2.37. The minimum atomic E-state index is 0.0525. The van der Waals surface area contributed by atoms with Crippen LogP contribution in [-0.2, 0) is 29.1 Å². The van der Waals surface area contributed by atoms with Crippen LogP contribution in [0.2, 0.25) is 0 Å². The van der Waals surface area contributed by atoms with Gasteiger partial charge in [0.1, 0.15) is 35.8 Å². The van der Waals surface area contributed by atoms with E-state index < -0.39 is 0 Å². The van der Waals surface area contributed by atoms with Gasteiger partial charge in [0, 0.05) is 68.0 Å². The molecule has 0 saturated carbocycles. The average Bonchev–Trinajstić information content (AvgIpc) is 3.87. The summed E-state index contributed by atoms with van der Waals surface area (Å²) < 4.78 is 10.0. The first-order valence-corrected chi connectivity index (χ1v) is 16.6. The molecule has 0 unspecified atom stereocenters. The number of imidazole rings is 1. The molecule has 0 N–H and O–H groups in total. The van der Waals surface area contributed by atoms with E-state index in [0.29, 0.717) is 45.8 Å². The topological polar surface area (TPSA) is 111 Å². The Labute approximate surface area is 272 Å². The molecular formula is C34H38N8O3S. The van der Waals surface area contributed by atoms with Crippen LogP contribution in [0.1, 0.15) is 31.4 Å². The highest BCUT2D eigenvalue weighted by molar-refractivity contribution is 7.13. The number of amides is 2. The maximum Gasteiger partial charge on any atom is 0.228 e. The van der Waals surface area contributed by atoms with Gasteiger partial charge in [-0.1, -0.05) is 42.5 Å². The van der Waals surface area contributed by atoms with Crippen molar-refractivity contribution in [2.24, 2.45) is 0 Å². The van der Waals surface area contributed by atoms with Gasteiger partial charge in [0.05, 0.1) is 18.7 Å². The molecule has 0 spiro atoms. The number of rotatable bonds is 6. The van der Waals surface area contributed by atoms with Crippen molar-refractivity contribution in [1.29, 1.82) is 0 Å². The van der Waals surface area contributed by atoms with E-state index in [2.05, 4.69) is 19.7 Å². The first-order chi connectivity index (χ1) is 22.6. The van der Waals surface area contributed by atoms with Gasteiger partial charge in [-0.25, -0.2) is 9.97 Å². The van der Waals surface area contributed by atoms with E-state index in [4.69, 9.17) is 9.72 Å². The fourth-order valence-electron chi connectivity index (χ4n) is 5.60. The predicted octanol–water partition coefficient (Wildman–Crippen LogP) is 4.82. The second kappa shape index (κ2) is 15.4. The van der Waals surface area contributed by atoms with Crippen LogP contribution in [0.5, 0.6) is 5.75 Å². The summed E-state index contributed by atoms with van der Waals surface area (Å²) >= 11 is 1.56. The van der Waals surface area contributed by atoms with E-state index in [1.165, 1.54) is 0 Å². The van der Waals surface area contributed by atoms with Crippen LogP contribution in [-0.4, -0.2) is 83.7 Å². The molecule has 1 aliphatic heterocycles. The minimum absolute atomic E-state index is 0.0525. The molecule has 4 heterocycles. The maximum atomic E-state index is 13.7. The molecule has 2 amide bonds. The number of aromatic nitrogens is 6. The molecule has 1 aliphatic rings. The fraction of sp³-hybridized carbons (Fsp3) is 0.353. The van der Waals surface area contributed by atoms with Crippen LogP contribution in [0.15, 0.2) is 85.0 Å². The summed E-state index contributed by atoms with van der Waals surface area (Å²) in [5.41, 5.74) is 2.80. The van der Waals surface area contributed by atoms with E-state index >= 15 is 0 Å². The second-order valence-electron chi connectivity index (χ2n) is 11.3. The Kier molecular flexibility index (Phi) is 10.5. The summed E-state index contributed by atoms with van der Waals surface area (Å²) in [6.45, 7) is 3.92. The monoisotopic (exact) mass is 638 g/mol. The summed E-state index contributed by atoms with van der Waals surface area (Å²) in [5, 5.41) is 10.6. The molecule has 3 aromatic heterocycles. The van der Waals surface area contributed by atoms with Crippen LogP contribution in [0.25, 0.3) is 22.0 Å². The SMILES string of the molecule is O=C(CCn1cnnc1)N1CCCCN(C(=O)Cc2csc(-c3ccccc3)n2)CCCn2ccnc2-c2cccc(c2)OCC1. The van der Waals surface area contributed by atoms with Gasteiger partial charge in [-0.3, -0.25) is 9.59 Å². The second-order valence-corrected chi connectivity index (χ2v) is 12.1. The number of benzene rings is 2. The van der Waals surface area contributed by atoms with Gasteiger partial charge in [-0.2, -0.15) is 0 Å². The number of hydrogen-bond acceptors (Lipinski definition) is 8. The Morgan fingerprint density at radius 3 is 2.41 bits per heavy atom. The van der Waals surface area contributed by atoms with Crippen LogP contribution in [0.4, 0.5) is 0 Å². The third-order valence-electron chi connectivity index (χ3n) is 8.03. The van der Waals surface area contributed by atoms with Gasteiger partial charge in [0.25, 0.3) is 0 Å². The quantitative estimate of drug-likeness (QED) is 0.262. The Morgan fingerprint density at radius 2 is 1.59 bits per heavy atom. The lowest BCUT2D eigenvalue weighted by Gasteiger charge is -2.25. The molecule has 2 bridgehead atoms. The largest absolute Gasteiger partial charge is 0.492 e. The summed E-state index contributed by atoms with van der Waals surface area (Å²) in [7, 11) is 0. The molecule has 0 aliphatic carbocycles. The van der Waals surface area contributed by atoms with Crippen molar-refractivity contribution in [3.05, 3.63) is 90.7 Å². The summed E-state index contributed by atoms with van der Waals surface area (Å²) in [4.78, 5) is 40.1. The van der Waals surface area contributed by atoms with Gasteiger partial charge < -0.3 is 23.7 Å².